The molecular weight excluding hydrogens is 322 g/mol. The summed E-state index contributed by atoms with van der Waals surface area (Å²) in [6, 6.07) is 16.7. The molecule has 1 aliphatic rings. The minimum absolute atomic E-state index is 0.652. The van der Waals surface area contributed by atoms with Gasteiger partial charge in [-0.3, -0.25) is 0 Å². The van der Waals surface area contributed by atoms with Crippen molar-refractivity contribution in [2.45, 2.75) is 45.1 Å². The van der Waals surface area contributed by atoms with Crippen LogP contribution in [0.2, 0.25) is 0 Å². The van der Waals surface area contributed by atoms with E-state index in [1.165, 1.54) is 43.2 Å². The number of methoxy groups -OCH3 is 1. The van der Waals surface area contributed by atoms with Gasteiger partial charge in [0.25, 0.3) is 0 Å². The predicted molar refractivity (Wildman–Crippen MR) is 107 cm³/mol. The summed E-state index contributed by atoms with van der Waals surface area (Å²) in [6.07, 6.45) is 7.87. The zero-order valence-corrected chi connectivity index (χ0v) is 15.9. The van der Waals surface area contributed by atoms with Crippen LogP contribution >= 0.6 is 0 Å². The van der Waals surface area contributed by atoms with E-state index < -0.39 is 0 Å². The van der Waals surface area contributed by atoms with E-state index in [4.69, 9.17) is 9.47 Å². The molecule has 2 aromatic rings. The molecule has 0 heterocycles. The summed E-state index contributed by atoms with van der Waals surface area (Å²) in [4.78, 5) is 0. The van der Waals surface area contributed by atoms with Crippen LogP contribution in [-0.4, -0.2) is 20.3 Å². The van der Waals surface area contributed by atoms with E-state index in [1.807, 2.05) is 12.1 Å². The number of rotatable bonds is 9. The molecule has 0 unspecified atom stereocenters. The molecule has 0 atom stereocenters. The van der Waals surface area contributed by atoms with Crippen molar-refractivity contribution < 1.29 is 9.47 Å². The maximum absolute atomic E-state index is 5.94. The molecule has 0 bridgehead atoms. The first kappa shape index (κ1) is 18.8. The summed E-state index contributed by atoms with van der Waals surface area (Å²) in [6.45, 7) is 2.66. The van der Waals surface area contributed by atoms with Gasteiger partial charge >= 0.3 is 0 Å². The molecule has 0 saturated heterocycles. The largest absolute Gasteiger partial charge is 0.493 e. The normalized spacial score (nSPS) is 15.0. The highest BCUT2D eigenvalue weighted by Gasteiger charge is 2.13. The predicted octanol–water partition coefficient (Wildman–Crippen LogP) is 4.99. The molecule has 0 radical (unpaired) electrons. The lowest BCUT2D eigenvalue weighted by Crippen LogP contribution is -2.24. The number of benzene rings is 2. The Labute approximate surface area is 157 Å². The van der Waals surface area contributed by atoms with Crippen molar-refractivity contribution in [3.63, 3.8) is 0 Å². The van der Waals surface area contributed by atoms with Gasteiger partial charge in [0.15, 0.2) is 11.5 Å². The van der Waals surface area contributed by atoms with Gasteiger partial charge < -0.3 is 14.8 Å². The van der Waals surface area contributed by atoms with E-state index >= 15 is 0 Å². The van der Waals surface area contributed by atoms with Crippen LogP contribution < -0.4 is 14.8 Å². The van der Waals surface area contributed by atoms with Crippen LogP contribution in [0, 0.1) is 5.92 Å². The lowest BCUT2D eigenvalue weighted by atomic mass is 9.89. The van der Waals surface area contributed by atoms with Crippen LogP contribution in [0.5, 0.6) is 11.5 Å². The second kappa shape index (κ2) is 10.2. The first-order valence-electron chi connectivity index (χ1n) is 9.89. The van der Waals surface area contributed by atoms with E-state index in [1.54, 1.807) is 7.11 Å². The monoisotopic (exact) mass is 353 g/mol. The van der Waals surface area contributed by atoms with Crippen molar-refractivity contribution in [3.8, 4) is 11.5 Å². The Bertz CT molecular complexity index is 651. The maximum atomic E-state index is 5.94. The molecule has 0 aromatic heterocycles. The Morgan fingerprint density at radius 2 is 1.73 bits per heavy atom. The summed E-state index contributed by atoms with van der Waals surface area (Å²) in [5.74, 6) is 2.49. The summed E-state index contributed by atoms with van der Waals surface area (Å²) in [7, 11) is 1.71. The van der Waals surface area contributed by atoms with Gasteiger partial charge in [-0.25, -0.2) is 0 Å². The Hall–Kier alpha value is -2.00. The van der Waals surface area contributed by atoms with Crippen molar-refractivity contribution in [1.29, 1.82) is 0 Å². The van der Waals surface area contributed by atoms with Crippen LogP contribution in [0.4, 0.5) is 0 Å². The number of hydrogen-bond donors (Lipinski definition) is 1. The van der Waals surface area contributed by atoms with Gasteiger partial charge in [0.2, 0.25) is 0 Å². The number of nitrogens with one attached hydrogen (secondary N) is 1. The van der Waals surface area contributed by atoms with Crippen LogP contribution in [0.1, 0.15) is 43.2 Å². The zero-order valence-electron chi connectivity index (χ0n) is 15.9. The second-order valence-corrected chi connectivity index (χ2v) is 7.20. The molecule has 0 aliphatic heterocycles. The summed E-state index contributed by atoms with van der Waals surface area (Å²) in [5.41, 5.74) is 2.53. The minimum atomic E-state index is 0.652. The topological polar surface area (TPSA) is 30.5 Å². The van der Waals surface area contributed by atoms with Crippen molar-refractivity contribution in [1.82, 2.24) is 5.32 Å². The standard InChI is InChI=1S/C23H31NO2/c1-25-23-16-21(18-24-17-20-10-6-3-7-11-20)12-13-22(23)26-15-14-19-8-4-2-5-9-19/h2,4-5,8-9,12-13,16,20,24H,3,6-7,10-11,14-15,17-18H2,1H3. The van der Waals surface area contributed by atoms with Gasteiger partial charge in [-0.15, -0.1) is 0 Å². The van der Waals surface area contributed by atoms with Crippen molar-refractivity contribution in [3.05, 3.63) is 59.7 Å². The summed E-state index contributed by atoms with van der Waals surface area (Å²) >= 11 is 0. The van der Waals surface area contributed by atoms with Gasteiger partial charge in [-0.1, -0.05) is 55.7 Å². The molecule has 3 nitrogen and oxygen atoms in total. The molecule has 1 aliphatic carbocycles. The van der Waals surface area contributed by atoms with Crippen LogP contribution in [0.15, 0.2) is 48.5 Å². The fourth-order valence-electron chi connectivity index (χ4n) is 3.68. The van der Waals surface area contributed by atoms with Crippen LogP contribution in [0.25, 0.3) is 0 Å². The van der Waals surface area contributed by atoms with E-state index in [2.05, 4.69) is 41.7 Å². The fourth-order valence-corrected chi connectivity index (χ4v) is 3.68. The van der Waals surface area contributed by atoms with Crippen molar-refractivity contribution in [2.75, 3.05) is 20.3 Å². The van der Waals surface area contributed by atoms with Gasteiger partial charge in [-0.2, -0.15) is 0 Å². The molecule has 1 saturated carbocycles. The van der Waals surface area contributed by atoms with Gasteiger partial charge in [0.1, 0.15) is 0 Å². The van der Waals surface area contributed by atoms with Crippen molar-refractivity contribution >= 4 is 0 Å². The lowest BCUT2D eigenvalue weighted by molar-refractivity contribution is 0.297. The molecule has 2 aromatic carbocycles. The lowest BCUT2D eigenvalue weighted by Gasteiger charge is -2.22. The van der Waals surface area contributed by atoms with Crippen molar-refractivity contribution in [2.24, 2.45) is 5.92 Å². The third kappa shape index (κ3) is 5.77. The van der Waals surface area contributed by atoms with E-state index in [9.17, 15) is 0 Å². The molecule has 0 spiro atoms. The molecular formula is C23H31NO2. The molecule has 26 heavy (non-hydrogen) atoms. The molecule has 3 rings (SSSR count). The quantitative estimate of drug-likeness (QED) is 0.689. The van der Waals surface area contributed by atoms with E-state index in [-0.39, 0.29) is 0 Å². The number of hydrogen-bond acceptors (Lipinski definition) is 3. The fraction of sp³-hybridized carbons (Fsp3) is 0.478. The molecule has 1 N–H and O–H groups in total. The zero-order chi connectivity index (χ0) is 18.0. The Morgan fingerprint density at radius 3 is 2.50 bits per heavy atom. The van der Waals surface area contributed by atoms with Gasteiger partial charge in [0.05, 0.1) is 13.7 Å². The Morgan fingerprint density at radius 1 is 0.923 bits per heavy atom. The smallest absolute Gasteiger partial charge is 0.161 e. The first-order valence-corrected chi connectivity index (χ1v) is 9.89. The molecule has 1 fully saturated rings. The highest BCUT2D eigenvalue weighted by Crippen LogP contribution is 2.28. The summed E-state index contributed by atoms with van der Waals surface area (Å²) < 4.78 is 11.5. The minimum Gasteiger partial charge on any atom is -0.493 e. The second-order valence-electron chi connectivity index (χ2n) is 7.20. The van der Waals surface area contributed by atoms with Gasteiger partial charge in [0, 0.05) is 13.0 Å². The average molecular weight is 354 g/mol. The third-order valence-corrected chi connectivity index (χ3v) is 5.21. The average Bonchev–Trinajstić information content (AvgIpc) is 2.70. The Kier molecular flexibility index (Phi) is 7.38. The molecule has 140 valence electrons. The van der Waals surface area contributed by atoms with E-state index in [0.717, 1.165) is 36.9 Å². The summed E-state index contributed by atoms with van der Waals surface area (Å²) in [5, 5.41) is 3.61. The SMILES string of the molecule is COc1cc(CNCC2CCCCC2)ccc1OCCc1ccccc1. The van der Waals surface area contributed by atoms with Gasteiger partial charge in [-0.05, 0) is 48.6 Å². The molecule has 3 heteroatoms. The van der Waals surface area contributed by atoms with Crippen LogP contribution in [0.3, 0.4) is 0 Å². The van der Waals surface area contributed by atoms with E-state index in [0.29, 0.717) is 6.61 Å². The van der Waals surface area contributed by atoms with Crippen LogP contribution in [-0.2, 0) is 13.0 Å². The number of ether oxygens (including phenoxy) is 2. The highest BCUT2D eigenvalue weighted by atomic mass is 16.5. The molecule has 0 amide bonds. The maximum Gasteiger partial charge on any atom is 0.161 e. The Balaban J connectivity index is 1.47. The highest BCUT2D eigenvalue weighted by molar-refractivity contribution is 5.43. The third-order valence-electron chi connectivity index (χ3n) is 5.21. The first-order chi connectivity index (χ1) is 12.8.